The molecule has 0 bridgehead atoms. The maximum atomic E-state index is 12.1. The normalized spacial score (nSPS) is 26.1. The highest BCUT2D eigenvalue weighted by atomic mass is 19.3. The molecule has 0 aromatic rings. The molecule has 70 valence electrons. The Labute approximate surface area is 69.0 Å². The third-order valence-electron chi connectivity index (χ3n) is 2.08. The van der Waals surface area contributed by atoms with E-state index >= 15 is 0 Å². The van der Waals surface area contributed by atoms with Crippen LogP contribution in [0.3, 0.4) is 0 Å². The lowest BCUT2D eigenvalue weighted by Gasteiger charge is -2.29. The Bertz CT molecular complexity index is 175. The molecular weight excluding hydrogens is 168 g/mol. The molecule has 0 aliphatic carbocycles. The Morgan fingerprint density at radius 1 is 1.58 bits per heavy atom. The SMILES string of the molecule is O=C(O)C1CCCN(C(F)F)C1. The molecule has 1 atom stereocenters. The number of hydrogen-bond donors (Lipinski definition) is 1. The van der Waals surface area contributed by atoms with E-state index in [0.29, 0.717) is 19.4 Å². The minimum atomic E-state index is -2.52. The number of carboxylic acid groups (broad SMARTS) is 1. The van der Waals surface area contributed by atoms with E-state index in [4.69, 9.17) is 5.11 Å². The first kappa shape index (κ1) is 9.38. The molecule has 1 N–H and O–H groups in total. The number of carbonyl (C=O) groups is 1. The van der Waals surface area contributed by atoms with Gasteiger partial charge in [0.25, 0.3) is 6.55 Å². The van der Waals surface area contributed by atoms with Crippen LogP contribution in [0.15, 0.2) is 0 Å². The zero-order valence-electron chi connectivity index (χ0n) is 6.54. The van der Waals surface area contributed by atoms with Crippen LogP contribution in [0.4, 0.5) is 8.78 Å². The Morgan fingerprint density at radius 2 is 2.25 bits per heavy atom. The Hall–Kier alpha value is -0.710. The highest BCUT2D eigenvalue weighted by Gasteiger charge is 2.29. The van der Waals surface area contributed by atoms with Gasteiger partial charge < -0.3 is 5.11 Å². The van der Waals surface area contributed by atoms with Crippen molar-refractivity contribution in [1.29, 1.82) is 0 Å². The number of likely N-dealkylation sites (tertiary alicyclic amines) is 1. The van der Waals surface area contributed by atoms with Gasteiger partial charge in [-0.25, -0.2) is 4.90 Å². The minimum Gasteiger partial charge on any atom is -0.481 e. The molecule has 0 radical (unpaired) electrons. The summed E-state index contributed by atoms with van der Waals surface area (Å²) in [7, 11) is 0. The summed E-state index contributed by atoms with van der Waals surface area (Å²) < 4.78 is 24.2. The molecule has 1 fully saturated rings. The summed E-state index contributed by atoms with van der Waals surface area (Å²) in [6, 6.07) is 0. The average Bonchev–Trinajstić information content (AvgIpc) is 2.04. The zero-order valence-corrected chi connectivity index (χ0v) is 6.54. The first-order chi connectivity index (χ1) is 5.61. The van der Waals surface area contributed by atoms with Crippen molar-refractivity contribution in [2.24, 2.45) is 5.92 Å². The molecule has 1 unspecified atom stereocenters. The molecule has 1 saturated heterocycles. The van der Waals surface area contributed by atoms with Gasteiger partial charge in [-0.05, 0) is 12.8 Å². The molecule has 12 heavy (non-hydrogen) atoms. The molecule has 0 aromatic carbocycles. The van der Waals surface area contributed by atoms with Crippen LogP contribution < -0.4 is 0 Å². The van der Waals surface area contributed by atoms with Gasteiger partial charge in [0.2, 0.25) is 0 Å². The number of aliphatic carboxylic acids is 1. The third-order valence-corrected chi connectivity index (χ3v) is 2.08. The standard InChI is InChI=1S/C7H11F2NO2/c8-7(9)10-3-1-2-5(4-10)6(11)12/h5,7H,1-4H2,(H,11,12). The number of hydrogen-bond acceptors (Lipinski definition) is 2. The lowest BCUT2D eigenvalue weighted by atomic mass is 9.99. The van der Waals surface area contributed by atoms with Crippen molar-refractivity contribution in [2.75, 3.05) is 13.1 Å². The van der Waals surface area contributed by atoms with Crippen LogP contribution in [-0.4, -0.2) is 35.6 Å². The summed E-state index contributed by atoms with van der Waals surface area (Å²) in [5.74, 6) is -1.59. The Morgan fingerprint density at radius 3 is 2.75 bits per heavy atom. The predicted octanol–water partition coefficient (Wildman–Crippen LogP) is 1.01. The van der Waals surface area contributed by atoms with E-state index in [1.54, 1.807) is 0 Å². The van der Waals surface area contributed by atoms with E-state index in [0.717, 1.165) is 4.90 Å². The third kappa shape index (κ3) is 2.14. The summed E-state index contributed by atoms with van der Waals surface area (Å²) in [6.45, 7) is -2.24. The van der Waals surface area contributed by atoms with Crippen LogP contribution in [-0.2, 0) is 4.79 Å². The summed E-state index contributed by atoms with van der Waals surface area (Å²) in [6.07, 6.45) is 1.06. The molecule has 0 aromatic heterocycles. The van der Waals surface area contributed by atoms with E-state index in [-0.39, 0.29) is 6.54 Å². The van der Waals surface area contributed by atoms with Gasteiger partial charge in [0.05, 0.1) is 5.92 Å². The van der Waals surface area contributed by atoms with E-state index in [1.807, 2.05) is 0 Å². The molecule has 3 nitrogen and oxygen atoms in total. The van der Waals surface area contributed by atoms with E-state index in [1.165, 1.54) is 0 Å². The molecule has 0 saturated carbocycles. The molecule has 1 rings (SSSR count). The summed E-state index contributed by atoms with van der Waals surface area (Å²) in [5, 5.41) is 8.57. The summed E-state index contributed by atoms with van der Waals surface area (Å²) in [5.41, 5.74) is 0. The van der Waals surface area contributed by atoms with Crippen molar-refractivity contribution in [3.63, 3.8) is 0 Å². The molecule has 1 heterocycles. The van der Waals surface area contributed by atoms with E-state index in [2.05, 4.69) is 0 Å². The second kappa shape index (κ2) is 3.80. The molecule has 1 aliphatic rings. The fourth-order valence-corrected chi connectivity index (χ4v) is 1.39. The van der Waals surface area contributed by atoms with Crippen LogP contribution in [0.1, 0.15) is 12.8 Å². The van der Waals surface area contributed by atoms with E-state index < -0.39 is 18.4 Å². The van der Waals surface area contributed by atoms with Crippen molar-refractivity contribution in [3.8, 4) is 0 Å². The van der Waals surface area contributed by atoms with Gasteiger partial charge in [0, 0.05) is 13.1 Å². The van der Waals surface area contributed by atoms with Crippen LogP contribution in [0, 0.1) is 5.92 Å². The predicted molar refractivity (Wildman–Crippen MR) is 37.9 cm³/mol. The maximum absolute atomic E-state index is 12.1. The van der Waals surface area contributed by atoms with Crippen LogP contribution >= 0.6 is 0 Å². The first-order valence-corrected chi connectivity index (χ1v) is 3.86. The van der Waals surface area contributed by atoms with E-state index in [9.17, 15) is 13.6 Å². The molecular formula is C7H11F2NO2. The largest absolute Gasteiger partial charge is 0.481 e. The van der Waals surface area contributed by atoms with Crippen LogP contribution in [0.5, 0.6) is 0 Å². The maximum Gasteiger partial charge on any atom is 0.307 e. The van der Waals surface area contributed by atoms with Crippen LogP contribution in [0.25, 0.3) is 0 Å². The van der Waals surface area contributed by atoms with Gasteiger partial charge in [-0.15, -0.1) is 0 Å². The molecule has 0 amide bonds. The first-order valence-electron chi connectivity index (χ1n) is 3.86. The second-order valence-electron chi connectivity index (χ2n) is 2.95. The van der Waals surface area contributed by atoms with Crippen molar-refractivity contribution in [3.05, 3.63) is 0 Å². The number of halogens is 2. The zero-order chi connectivity index (χ0) is 9.14. The van der Waals surface area contributed by atoms with Crippen molar-refractivity contribution >= 4 is 5.97 Å². The number of piperidine rings is 1. The minimum absolute atomic E-state index is 0.0208. The molecule has 5 heteroatoms. The topological polar surface area (TPSA) is 40.5 Å². The average molecular weight is 179 g/mol. The fourth-order valence-electron chi connectivity index (χ4n) is 1.39. The quantitative estimate of drug-likeness (QED) is 0.643. The van der Waals surface area contributed by atoms with Crippen molar-refractivity contribution in [1.82, 2.24) is 4.90 Å². The lowest BCUT2D eigenvalue weighted by molar-refractivity contribution is -0.146. The van der Waals surface area contributed by atoms with Gasteiger partial charge >= 0.3 is 5.97 Å². The van der Waals surface area contributed by atoms with Crippen molar-refractivity contribution < 1.29 is 18.7 Å². The number of alkyl halides is 2. The monoisotopic (exact) mass is 179 g/mol. The van der Waals surface area contributed by atoms with Gasteiger partial charge in [0.1, 0.15) is 0 Å². The summed E-state index contributed by atoms with van der Waals surface area (Å²) >= 11 is 0. The fraction of sp³-hybridized carbons (Fsp3) is 0.857. The smallest absolute Gasteiger partial charge is 0.307 e. The second-order valence-corrected chi connectivity index (χ2v) is 2.95. The van der Waals surface area contributed by atoms with Gasteiger partial charge in [-0.2, -0.15) is 8.78 Å². The number of nitrogens with zero attached hydrogens (tertiary/aromatic N) is 1. The van der Waals surface area contributed by atoms with Gasteiger partial charge in [-0.1, -0.05) is 0 Å². The van der Waals surface area contributed by atoms with Crippen molar-refractivity contribution in [2.45, 2.75) is 19.4 Å². The van der Waals surface area contributed by atoms with Crippen LogP contribution in [0.2, 0.25) is 0 Å². The number of rotatable bonds is 2. The van der Waals surface area contributed by atoms with Gasteiger partial charge in [-0.3, -0.25) is 4.79 Å². The Balaban J connectivity index is 2.46. The highest BCUT2D eigenvalue weighted by molar-refractivity contribution is 5.70. The molecule has 1 aliphatic heterocycles. The number of carboxylic acids is 1. The molecule has 0 spiro atoms. The Kier molecular flexibility index (Phi) is 2.97. The highest BCUT2D eigenvalue weighted by Crippen LogP contribution is 2.19. The summed E-state index contributed by atoms with van der Waals surface area (Å²) in [4.78, 5) is 11.4. The lowest BCUT2D eigenvalue weighted by Crippen LogP contribution is -2.41. The van der Waals surface area contributed by atoms with Gasteiger partial charge in [0.15, 0.2) is 0 Å².